The fourth-order valence-corrected chi connectivity index (χ4v) is 13.4. The van der Waals surface area contributed by atoms with Crippen molar-refractivity contribution in [3.8, 4) is 80.1 Å². The minimum absolute atomic E-state index is 0.0383. The topological polar surface area (TPSA) is 411 Å². The third-order valence-corrected chi connectivity index (χ3v) is 19.0. The number of phenolic OH excluding ortho intramolecular Hbond substituents is 6. The second kappa shape index (κ2) is 29.4. The number of nitrogens with two attached hydrogens (primary N) is 1. The number of piperazine rings is 1. The normalized spacial score (nSPS) is 21.4. The molecule has 7 aromatic rings. The van der Waals surface area contributed by atoms with Crippen LogP contribution in [-0.2, 0) is 44.8 Å². The first-order valence-corrected chi connectivity index (χ1v) is 33.5. The second-order valence-corrected chi connectivity index (χ2v) is 26.2. The van der Waals surface area contributed by atoms with Gasteiger partial charge in [0.1, 0.15) is 88.6 Å². The molecular weight excluding hydrogens is 1350 g/mol. The van der Waals surface area contributed by atoms with Crippen molar-refractivity contribution >= 4 is 70.5 Å². The number of nitrogens with one attached hydrogen (secondary N) is 6. The average Bonchev–Trinajstić information content (AvgIpc) is 0.764. The largest absolute Gasteiger partial charge is 0.508 e. The van der Waals surface area contributed by atoms with Gasteiger partial charge in [0, 0.05) is 62.3 Å². The van der Waals surface area contributed by atoms with E-state index in [1.54, 1.807) is 4.90 Å². The van der Waals surface area contributed by atoms with Crippen LogP contribution in [0.3, 0.4) is 0 Å². The van der Waals surface area contributed by atoms with Crippen LogP contribution in [0.4, 0.5) is 0 Å². The van der Waals surface area contributed by atoms with E-state index >= 15 is 28.8 Å². The van der Waals surface area contributed by atoms with Gasteiger partial charge in [0.05, 0.1) is 10.0 Å². The number of carbonyl (C=O) groups excluding carboxylic acids is 8. The Hall–Kier alpha value is -11.0. The van der Waals surface area contributed by atoms with Gasteiger partial charge in [-0.05, 0) is 124 Å². The molecule has 101 heavy (non-hydrogen) atoms. The lowest BCUT2D eigenvalue weighted by Crippen LogP contribution is -2.57. The summed E-state index contributed by atoms with van der Waals surface area (Å²) >= 11 is 13.9. The Labute approximate surface area is 587 Å². The number of nitrogens with zero attached hydrogens (tertiary/aromatic N) is 2. The minimum atomic E-state index is -2.17. The van der Waals surface area contributed by atoms with Crippen molar-refractivity contribution in [1.29, 1.82) is 0 Å². The molecule has 0 radical (unpaired) electrons. The van der Waals surface area contributed by atoms with Gasteiger partial charge in [0.15, 0.2) is 23.0 Å². The van der Waals surface area contributed by atoms with E-state index in [0.717, 1.165) is 87.1 Å². The van der Waals surface area contributed by atoms with Crippen molar-refractivity contribution in [2.75, 3.05) is 26.2 Å². The zero-order valence-corrected chi connectivity index (χ0v) is 55.6. The van der Waals surface area contributed by atoms with Crippen LogP contribution in [0.2, 0.25) is 10.0 Å². The van der Waals surface area contributed by atoms with Crippen LogP contribution >= 0.6 is 23.2 Å². The summed E-state index contributed by atoms with van der Waals surface area (Å²) in [6.45, 7) is 2.27. The summed E-state index contributed by atoms with van der Waals surface area (Å²) in [7, 11) is 0. The standard InChI is InChI=1S/C72H71Cl2N9O18/c1-2-3-4-5-6-7-8-9-56(89)82-18-20-83(21-19-82)72(98)62-44-32-41(85)33-50(88)57(44)43-26-36(12-14-48(43)86)59-68(94)81-63(71(97)80-62)64(90)37-13-17-52(46(74)27-37)101-55-30-39-29-54(65(55)91)100-51-16-10-34(22-45(51)73)23-47-66(92)77-60(69(95)79-61(39)70(96)78-59)38-24-40(84)31-42(25-38)99-53-28-35(11-15-49(53)87)58(75)67(93)76-47/h10-17,22,24-33,47,58-64,84-88,90-91H,2-9,18-21,23,75H2,1H3,(H,76,93)(H,77,92)(H,78,96)(H,79,95)(H,80,97)(H,81,94)/t47-,58+,59-,60+,61-,62+,63+,64-/m1/s1. The van der Waals surface area contributed by atoms with Crippen LogP contribution in [0.1, 0.15) is 134 Å². The summed E-state index contributed by atoms with van der Waals surface area (Å²) in [5.41, 5.74) is 4.98. The van der Waals surface area contributed by atoms with Gasteiger partial charge >= 0.3 is 0 Å². The fourth-order valence-electron chi connectivity index (χ4n) is 13.0. The molecule has 8 atom stereocenters. The Bertz CT molecular complexity index is 4490. The molecule has 14 rings (SSSR count). The van der Waals surface area contributed by atoms with Crippen molar-refractivity contribution in [1.82, 2.24) is 41.7 Å². The SMILES string of the molecule is CCCCCCCCCC(=O)N1CCN(C(=O)[C@H]2NC(=O)[C@H]3NC(=O)[C@H](NC(=O)[C@@H]4NC(=O)[C@H]5NC(=O)[C@@H](Cc6ccc(c(Cl)c6)Oc6cc4cc(c6O)Oc4ccc(cc4Cl)[C@H]3O)NC(=O)[C@@H](N)c3ccc(O)c(c3)Oc3cc(O)cc5c3)c3ccc(O)c(c3)-c3c(O)cc(O)cc32)CC1. The van der Waals surface area contributed by atoms with Gasteiger partial charge in [-0.3, -0.25) is 38.4 Å². The maximum absolute atomic E-state index is 16.0. The Kier molecular flexibility index (Phi) is 20.4. The minimum Gasteiger partial charge on any atom is -0.508 e. The highest BCUT2D eigenvalue weighted by Crippen LogP contribution is 2.48. The molecule has 0 aromatic heterocycles. The Morgan fingerprint density at radius 3 is 1.76 bits per heavy atom. The van der Waals surface area contributed by atoms with Gasteiger partial charge in [-0.1, -0.05) is 92.9 Å². The summed E-state index contributed by atoms with van der Waals surface area (Å²) in [6, 6.07) is 9.28. The summed E-state index contributed by atoms with van der Waals surface area (Å²) in [6.07, 6.45) is 4.88. The van der Waals surface area contributed by atoms with Gasteiger partial charge in [0.2, 0.25) is 53.0 Å². The van der Waals surface area contributed by atoms with Crippen molar-refractivity contribution in [3.63, 3.8) is 0 Å². The number of carbonyl (C=O) groups is 8. The molecule has 0 aliphatic carbocycles. The van der Waals surface area contributed by atoms with Gasteiger partial charge in [0.25, 0.3) is 0 Å². The highest BCUT2D eigenvalue weighted by atomic mass is 35.5. The van der Waals surface area contributed by atoms with Crippen molar-refractivity contribution < 1.29 is 88.3 Å². The molecule has 0 saturated carbocycles. The number of aromatic hydroxyl groups is 6. The van der Waals surface area contributed by atoms with Gasteiger partial charge in [-0.15, -0.1) is 0 Å². The van der Waals surface area contributed by atoms with Crippen LogP contribution in [0, 0.1) is 0 Å². The van der Waals surface area contributed by atoms with E-state index < -0.39 is 136 Å². The summed E-state index contributed by atoms with van der Waals surface area (Å²) in [4.78, 5) is 124. The van der Waals surface area contributed by atoms with E-state index in [0.29, 0.717) is 18.4 Å². The maximum atomic E-state index is 16.0. The molecule has 1 fully saturated rings. The number of benzene rings is 7. The highest BCUT2D eigenvalue weighted by Gasteiger charge is 2.43. The van der Waals surface area contributed by atoms with E-state index in [1.807, 2.05) is 0 Å². The van der Waals surface area contributed by atoms with Gasteiger partial charge < -0.3 is 97.4 Å². The number of hydrogen-bond acceptors (Lipinski definition) is 19. The van der Waals surface area contributed by atoms with E-state index in [4.69, 9.17) is 43.1 Å². The zero-order chi connectivity index (χ0) is 71.7. The number of aliphatic hydroxyl groups is 1. The van der Waals surface area contributed by atoms with E-state index in [2.05, 4.69) is 38.8 Å². The van der Waals surface area contributed by atoms with Crippen LogP contribution in [0.15, 0.2) is 115 Å². The van der Waals surface area contributed by atoms with Crippen LogP contribution in [0.25, 0.3) is 11.1 Å². The maximum Gasteiger partial charge on any atom is 0.249 e. The molecule has 7 aliphatic heterocycles. The molecule has 7 aliphatic rings. The van der Waals surface area contributed by atoms with Crippen LogP contribution in [-0.4, -0.2) is 131 Å². The molecular formula is C72H71Cl2N9O18. The summed E-state index contributed by atoms with van der Waals surface area (Å²) < 4.78 is 18.6. The first-order valence-electron chi connectivity index (χ1n) is 32.8. The quantitative estimate of drug-likeness (QED) is 0.0615. The molecule has 15 N–H and O–H groups in total. The molecule has 29 heteroatoms. The molecule has 7 heterocycles. The zero-order valence-electron chi connectivity index (χ0n) is 54.1. The molecule has 7 aromatic carbocycles. The van der Waals surface area contributed by atoms with Crippen LogP contribution in [0.5, 0.6) is 69.0 Å². The summed E-state index contributed by atoms with van der Waals surface area (Å²) in [5, 5.41) is 97.5. The van der Waals surface area contributed by atoms with E-state index in [1.165, 1.54) is 71.6 Å². The lowest BCUT2D eigenvalue weighted by Gasteiger charge is -2.37. The smallest absolute Gasteiger partial charge is 0.249 e. The molecule has 526 valence electrons. The average molecular weight is 1420 g/mol. The van der Waals surface area contributed by atoms with Gasteiger partial charge in [-0.2, -0.15) is 0 Å². The third-order valence-electron chi connectivity index (χ3n) is 18.4. The first-order chi connectivity index (χ1) is 48.4. The van der Waals surface area contributed by atoms with Crippen molar-refractivity contribution in [2.45, 2.75) is 113 Å². The number of phenols is 6. The summed E-state index contributed by atoms with van der Waals surface area (Å²) in [5.74, 6) is -13.6. The number of fused-ring (bicyclic) bond motifs is 14. The predicted octanol–water partition coefficient (Wildman–Crippen LogP) is 7.71. The number of hydrogen-bond donors (Lipinski definition) is 14. The van der Waals surface area contributed by atoms with E-state index in [9.17, 15) is 45.3 Å². The van der Waals surface area contributed by atoms with Gasteiger partial charge in [-0.25, -0.2) is 0 Å². The molecule has 17 bridgehead atoms. The lowest BCUT2D eigenvalue weighted by atomic mass is 9.89. The molecule has 0 spiro atoms. The first kappa shape index (κ1) is 69.9. The lowest BCUT2D eigenvalue weighted by molar-refractivity contribution is -0.143. The number of halogens is 2. The molecule has 1 saturated heterocycles. The molecule has 8 amide bonds. The monoisotopic (exact) mass is 1420 g/mol. The second-order valence-electron chi connectivity index (χ2n) is 25.3. The highest BCUT2D eigenvalue weighted by molar-refractivity contribution is 6.32. The van der Waals surface area contributed by atoms with Crippen molar-refractivity contribution in [3.05, 3.63) is 164 Å². The third kappa shape index (κ3) is 15.0. The Morgan fingerprint density at radius 1 is 0.505 bits per heavy atom. The Morgan fingerprint density at radius 2 is 1.08 bits per heavy atom. The number of ether oxygens (including phenoxy) is 3. The Balaban J connectivity index is 0.992. The predicted molar refractivity (Wildman–Crippen MR) is 363 cm³/mol. The number of unbranched alkanes of at least 4 members (excludes halogenated alkanes) is 6. The van der Waals surface area contributed by atoms with Crippen LogP contribution < -0.4 is 51.8 Å². The van der Waals surface area contributed by atoms with E-state index in [-0.39, 0.29) is 116 Å². The van der Waals surface area contributed by atoms with Crippen molar-refractivity contribution in [2.24, 2.45) is 5.73 Å². The number of rotatable bonds is 9. The molecule has 27 nitrogen and oxygen atoms in total. The number of amides is 8. The number of aliphatic hydroxyl groups excluding tert-OH is 1. The molecule has 0 unspecified atom stereocenters. The fraction of sp³-hybridized carbons (Fsp3) is 0.306.